The fourth-order valence-corrected chi connectivity index (χ4v) is 4.36. The van der Waals surface area contributed by atoms with Crippen molar-refractivity contribution < 1.29 is 30.7 Å². The first-order chi connectivity index (χ1) is 15.9. The van der Waals surface area contributed by atoms with Crippen LogP contribution in [0, 0.1) is 47.6 Å². The molecule has 188 valence electrons. The molecule has 0 radical (unpaired) electrons. The number of benzene rings is 2. The van der Waals surface area contributed by atoms with E-state index in [2.05, 4.69) is 0 Å². The summed E-state index contributed by atoms with van der Waals surface area (Å²) in [5.41, 5.74) is -2.64. The summed E-state index contributed by atoms with van der Waals surface area (Å²) in [6, 6.07) is 0. The van der Waals surface area contributed by atoms with Gasteiger partial charge in [0, 0.05) is 59.9 Å². The summed E-state index contributed by atoms with van der Waals surface area (Å²) < 4.78 is 104. The summed E-state index contributed by atoms with van der Waals surface area (Å²) in [6.45, 7) is 1.19. The molecule has 4 heterocycles. The van der Waals surface area contributed by atoms with E-state index >= 15 is 4.39 Å². The van der Waals surface area contributed by atoms with E-state index in [0.717, 1.165) is 14.7 Å². The van der Waals surface area contributed by atoms with E-state index in [4.69, 9.17) is 0 Å². The van der Waals surface area contributed by atoms with Crippen LogP contribution in [0.15, 0.2) is 0 Å². The van der Waals surface area contributed by atoms with Crippen LogP contribution in [0.1, 0.15) is 18.4 Å². The smallest absolute Gasteiger partial charge is 0.187 e. The zero-order valence-corrected chi connectivity index (χ0v) is 19.7. The summed E-state index contributed by atoms with van der Waals surface area (Å²) in [4.78, 5) is 4.46. The minimum absolute atomic E-state index is 0.0265. The topological polar surface area (TPSA) is 13.0 Å². The van der Waals surface area contributed by atoms with Gasteiger partial charge in [-0.1, -0.05) is 0 Å². The van der Waals surface area contributed by atoms with Gasteiger partial charge >= 0.3 is 0 Å². The van der Waals surface area contributed by atoms with Crippen molar-refractivity contribution >= 4 is 22.7 Å². The second-order valence-corrected chi connectivity index (χ2v) is 8.61. The Hall–Kier alpha value is -2.85. The number of rotatable bonds is 0. The van der Waals surface area contributed by atoms with Gasteiger partial charge in [0.05, 0.1) is 5.69 Å². The molecular weight excluding hydrogens is 465 g/mol. The van der Waals surface area contributed by atoms with E-state index in [9.17, 15) is 26.3 Å². The van der Waals surface area contributed by atoms with E-state index in [0.29, 0.717) is 0 Å². The second-order valence-electron chi connectivity index (χ2n) is 8.61. The lowest BCUT2D eigenvalue weighted by Crippen LogP contribution is -2.31. The van der Waals surface area contributed by atoms with Crippen LogP contribution in [0.4, 0.5) is 53.5 Å². The Labute approximate surface area is 194 Å². The van der Waals surface area contributed by atoms with Gasteiger partial charge in [0.15, 0.2) is 40.7 Å². The molecule has 0 amide bonds. The average Bonchev–Trinajstić information content (AvgIpc) is 2.76. The van der Waals surface area contributed by atoms with Gasteiger partial charge in [-0.3, -0.25) is 0 Å². The summed E-state index contributed by atoms with van der Waals surface area (Å²) in [6.07, 6.45) is 0.235. The van der Waals surface area contributed by atoms with Gasteiger partial charge in [0.2, 0.25) is 0 Å². The van der Waals surface area contributed by atoms with Crippen molar-refractivity contribution in [2.24, 2.45) is 0 Å². The quantitative estimate of drug-likeness (QED) is 0.370. The van der Waals surface area contributed by atoms with Gasteiger partial charge in [-0.2, -0.15) is 0 Å². The Morgan fingerprint density at radius 2 is 0.647 bits per heavy atom. The zero-order valence-electron chi connectivity index (χ0n) is 19.7. The molecule has 0 aromatic heterocycles. The summed E-state index contributed by atoms with van der Waals surface area (Å²) in [5, 5.41) is 0. The van der Waals surface area contributed by atoms with Crippen molar-refractivity contribution in [1.29, 1.82) is 0 Å². The predicted octanol–water partition coefficient (Wildman–Crippen LogP) is 5.21. The Bertz CT molecular complexity index is 866. The molecule has 11 heteroatoms. The van der Waals surface area contributed by atoms with Crippen LogP contribution in [-0.4, -0.2) is 54.4 Å². The molecule has 0 unspecified atom stereocenters. The minimum Gasteiger partial charge on any atom is -0.372 e. The third kappa shape index (κ3) is 4.32. The van der Waals surface area contributed by atoms with Crippen LogP contribution in [0.25, 0.3) is 0 Å². The van der Waals surface area contributed by atoms with Crippen LogP contribution >= 0.6 is 0 Å². The number of halogens is 7. The number of nitrogens with zero attached hydrogens (tertiary/aromatic N) is 4. The molecule has 0 atom stereocenters. The third-order valence-corrected chi connectivity index (χ3v) is 6.22. The molecule has 4 bridgehead atoms. The fraction of sp³-hybridized carbons (Fsp3) is 0.478. The van der Waals surface area contributed by atoms with Crippen molar-refractivity contribution in [3.8, 4) is 0 Å². The molecule has 4 aliphatic heterocycles. The Kier molecular flexibility index (Phi) is 7.42. The van der Waals surface area contributed by atoms with Crippen LogP contribution in [0.2, 0.25) is 0 Å². The molecule has 0 saturated heterocycles. The molecule has 0 aliphatic carbocycles. The molecule has 34 heavy (non-hydrogen) atoms. The highest BCUT2D eigenvalue weighted by molar-refractivity contribution is 5.65. The van der Waals surface area contributed by atoms with E-state index in [-0.39, 0.29) is 50.3 Å². The first-order valence-corrected chi connectivity index (χ1v) is 10.8. The molecule has 0 N–H and O–H groups in total. The highest BCUT2D eigenvalue weighted by atomic mass is 19.2. The first kappa shape index (κ1) is 25.8. The van der Waals surface area contributed by atoms with E-state index in [1.54, 1.807) is 0 Å². The van der Waals surface area contributed by atoms with Gasteiger partial charge in [0.1, 0.15) is 17.1 Å². The molecule has 0 fully saturated rings. The van der Waals surface area contributed by atoms with Crippen LogP contribution in [0.3, 0.4) is 0 Å². The van der Waals surface area contributed by atoms with Crippen LogP contribution in [-0.2, 0) is 0 Å². The molecule has 2 aromatic rings. The minimum atomic E-state index is -1.53. The highest BCUT2D eigenvalue weighted by Gasteiger charge is 2.30. The zero-order chi connectivity index (χ0) is 25.5. The van der Waals surface area contributed by atoms with E-state index < -0.39 is 57.8 Å². The number of hydrogen-bond donors (Lipinski definition) is 0. The molecule has 0 spiro atoms. The average molecular weight is 492 g/mol. The van der Waals surface area contributed by atoms with Gasteiger partial charge in [-0.15, -0.1) is 0 Å². The van der Waals surface area contributed by atoms with Crippen molar-refractivity contribution in [2.75, 3.05) is 74.0 Å². The first-order valence-electron chi connectivity index (χ1n) is 10.8. The summed E-state index contributed by atoms with van der Waals surface area (Å²) in [5.74, 6) is -9.54. The van der Waals surface area contributed by atoms with Gasteiger partial charge in [-0.25, -0.2) is 30.7 Å². The summed E-state index contributed by atoms with van der Waals surface area (Å²) >= 11 is 0. The largest absolute Gasteiger partial charge is 0.372 e. The van der Waals surface area contributed by atoms with Crippen molar-refractivity contribution in [2.45, 2.75) is 19.8 Å². The lowest BCUT2D eigenvalue weighted by Gasteiger charge is -2.30. The molecule has 4 nitrogen and oxygen atoms in total. The monoisotopic (exact) mass is 492 g/mol. The SMILES string of the molecule is Cc1c(F)c2c(F)c(F)c1N(C)CCCN(C)c1c(F)c(F)c(c(F)c1F)N(C)CCCN2C. The predicted molar refractivity (Wildman–Crippen MR) is 120 cm³/mol. The molecule has 2 aromatic carbocycles. The molecule has 6 rings (SSSR count). The number of anilines is 4. The summed E-state index contributed by atoms with van der Waals surface area (Å²) in [7, 11) is 5.29. The molecular formula is C23H27F7N4. The van der Waals surface area contributed by atoms with Crippen molar-refractivity contribution in [3.05, 3.63) is 46.3 Å². The van der Waals surface area contributed by atoms with Crippen LogP contribution in [0.5, 0.6) is 0 Å². The molecule has 4 aliphatic rings. The second kappa shape index (κ2) is 9.79. The van der Waals surface area contributed by atoms with E-state index in [1.165, 1.54) is 40.0 Å². The molecule has 0 saturated carbocycles. The number of hydrogen-bond acceptors (Lipinski definition) is 4. The highest BCUT2D eigenvalue weighted by Crippen LogP contribution is 2.37. The standard InChI is InChI=1S/C23H27F7N4/c1-12-13(24)21-15(26)14(25)20(12)31(2)8-6-10-33(4)22-16(27)18(29)23(19(30)17(22)28)34(5)11-7-9-32(21)3/h6-11H2,1-5H3. The Morgan fingerprint density at radius 1 is 0.412 bits per heavy atom. The fourth-order valence-electron chi connectivity index (χ4n) is 4.36. The Morgan fingerprint density at radius 3 is 0.971 bits per heavy atom. The Balaban J connectivity index is 2.09. The third-order valence-electron chi connectivity index (χ3n) is 6.22. The van der Waals surface area contributed by atoms with Gasteiger partial charge < -0.3 is 19.6 Å². The van der Waals surface area contributed by atoms with Crippen LogP contribution < -0.4 is 19.6 Å². The lowest BCUT2D eigenvalue weighted by molar-refractivity contribution is 0.451. The van der Waals surface area contributed by atoms with E-state index in [1.807, 2.05) is 0 Å². The normalized spacial score (nSPS) is 15.9. The van der Waals surface area contributed by atoms with Gasteiger partial charge in [-0.05, 0) is 19.8 Å². The maximum absolute atomic E-state index is 15.1. The van der Waals surface area contributed by atoms with Crippen molar-refractivity contribution in [1.82, 2.24) is 0 Å². The lowest BCUT2D eigenvalue weighted by atomic mass is 10.1. The van der Waals surface area contributed by atoms with Crippen molar-refractivity contribution in [3.63, 3.8) is 0 Å². The van der Waals surface area contributed by atoms with Gasteiger partial charge in [0.25, 0.3) is 0 Å². The maximum atomic E-state index is 15.1. The maximum Gasteiger partial charge on any atom is 0.187 e.